The van der Waals surface area contributed by atoms with E-state index in [2.05, 4.69) is 39.5 Å². The van der Waals surface area contributed by atoms with Crippen molar-refractivity contribution in [2.24, 2.45) is 11.3 Å². The number of carbonyl (C=O) groups is 1. The number of amides is 1. The predicted octanol–water partition coefficient (Wildman–Crippen LogP) is 5.02. The highest BCUT2D eigenvalue weighted by atomic mass is 16.2. The van der Waals surface area contributed by atoms with Crippen LogP contribution in [0.5, 0.6) is 0 Å². The summed E-state index contributed by atoms with van der Waals surface area (Å²) in [6, 6.07) is 0.435. The van der Waals surface area contributed by atoms with Crippen LogP contribution in [0.25, 0.3) is 0 Å². The maximum atomic E-state index is 12.2. The summed E-state index contributed by atoms with van der Waals surface area (Å²) in [7, 11) is 0. The van der Waals surface area contributed by atoms with Gasteiger partial charge in [0.2, 0.25) is 5.91 Å². The number of unbranched alkanes of at least 4 members (excludes halogenated alkanes) is 1. The average molecular weight is 281 g/mol. The molecule has 1 rings (SSSR count). The van der Waals surface area contributed by atoms with Gasteiger partial charge in [0.1, 0.15) is 0 Å². The lowest BCUT2D eigenvalue weighted by Gasteiger charge is -2.42. The molecule has 1 aliphatic rings. The van der Waals surface area contributed by atoms with Crippen LogP contribution in [0.1, 0.15) is 86.0 Å². The molecule has 1 aliphatic heterocycles. The van der Waals surface area contributed by atoms with Gasteiger partial charge < -0.3 is 4.90 Å². The van der Waals surface area contributed by atoms with E-state index in [-0.39, 0.29) is 5.41 Å². The van der Waals surface area contributed by atoms with Crippen molar-refractivity contribution in [2.75, 3.05) is 6.54 Å². The van der Waals surface area contributed by atoms with Gasteiger partial charge in [0.25, 0.3) is 0 Å². The molecule has 0 aromatic heterocycles. The Bertz CT molecular complexity index is 298. The van der Waals surface area contributed by atoms with Crippen LogP contribution in [0.15, 0.2) is 0 Å². The molecule has 1 heterocycles. The van der Waals surface area contributed by atoms with Crippen LogP contribution in [-0.2, 0) is 4.79 Å². The molecule has 0 N–H and O–H groups in total. The van der Waals surface area contributed by atoms with Crippen LogP contribution in [0.2, 0.25) is 0 Å². The van der Waals surface area contributed by atoms with Crippen molar-refractivity contribution in [3.63, 3.8) is 0 Å². The minimum Gasteiger partial charge on any atom is -0.339 e. The van der Waals surface area contributed by atoms with E-state index in [4.69, 9.17) is 0 Å². The van der Waals surface area contributed by atoms with E-state index in [1.165, 1.54) is 38.5 Å². The lowest BCUT2D eigenvalue weighted by atomic mass is 9.75. The summed E-state index contributed by atoms with van der Waals surface area (Å²) in [6.07, 6.45) is 9.31. The molecule has 20 heavy (non-hydrogen) atoms. The summed E-state index contributed by atoms with van der Waals surface area (Å²) in [4.78, 5) is 14.4. The zero-order chi connectivity index (χ0) is 15.2. The fourth-order valence-corrected chi connectivity index (χ4v) is 3.73. The van der Waals surface area contributed by atoms with Crippen LogP contribution < -0.4 is 0 Å². The number of hydrogen-bond donors (Lipinski definition) is 0. The molecule has 1 amide bonds. The quantitative estimate of drug-likeness (QED) is 0.581. The molecule has 2 heteroatoms. The first-order chi connectivity index (χ1) is 9.42. The van der Waals surface area contributed by atoms with Crippen LogP contribution in [0.3, 0.4) is 0 Å². The van der Waals surface area contributed by atoms with Gasteiger partial charge in [-0.3, -0.25) is 4.79 Å². The second kappa shape index (κ2) is 8.05. The Morgan fingerprint density at radius 1 is 1.25 bits per heavy atom. The van der Waals surface area contributed by atoms with Crippen molar-refractivity contribution in [3.05, 3.63) is 0 Å². The molecule has 1 fully saturated rings. The summed E-state index contributed by atoms with van der Waals surface area (Å²) in [5.74, 6) is 1.12. The number of nitrogens with zero attached hydrogens (tertiary/aromatic N) is 1. The minimum absolute atomic E-state index is 0.245. The van der Waals surface area contributed by atoms with Crippen molar-refractivity contribution in [1.82, 2.24) is 4.90 Å². The standard InChI is InChI=1S/C18H35NO/c1-6-8-10-15(3)14-16(18(4,5)12-7-2)19-13-9-11-17(19)20/h15-16H,6-14H2,1-5H3. The van der Waals surface area contributed by atoms with Crippen molar-refractivity contribution in [2.45, 2.75) is 92.0 Å². The van der Waals surface area contributed by atoms with Crippen molar-refractivity contribution in [3.8, 4) is 0 Å². The summed E-state index contributed by atoms with van der Waals surface area (Å²) < 4.78 is 0. The SMILES string of the molecule is CCCCC(C)CC(N1CCCC1=O)C(C)(C)CCC. The monoisotopic (exact) mass is 281 g/mol. The number of rotatable bonds is 9. The number of hydrogen-bond acceptors (Lipinski definition) is 1. The van der Waals surface area contributed by atoms with E-state index in [0.717, 1.165) is 25.3 Å². The van der Waals surface area contributed by atoms with E-state index in [1.807, 2.05) is 0 Å². The van der Waals surface area contributed by atoms with Crippen molar-refractivity contribution < 1.29 is 4.79 Å². The maximum absolute atomic E-state index is 12.2. The molecule has 0 aromatic carbocycles. The van der Waals surface area contributed by atoms with E-state index in [9.17, 15) is 4.79 Å². The Kier molecular flexibility index (Phi) is 7.05. The molecule has 0 bridgehead atoms. The molecule has 0 aromatic rings. The van der Waals surface area contributed by atoms with Gasteiger partial charge in [0.15, 0.2) is 0 Å². The lowest BCUT2D eigenvalue weighted by Crippen LogP contribution is -2.46. The lowest BCUT2D eigenvalue weighted by molar-refractivity contribution is -0.132. The highest BCUT2D eigenvalue weighted by Crippen LogP contribution is 2.37. The zero-order valence-corrected chi connectivity index (χ0v) is 14.4. The van der Waals surface area contributed by atoms with E-state index < -0.39 is 0 Å². The fourth-order valence-electron chi connectivity index (χ4n) is 3.73. The van der Waals surface area contributed by atoms with Crippen molar-refractivity contribution in [1.29, 1.82) is 0 Å². The van der Waals surface area contributed by atoms with Crippen LogP contribution in [0.4, 0.5) is 0 Å². The molecular formula is C18H35NO. The highest BCUT2D eigenvalue weighted by Gasteiger charge is 2.38. The number of likely N-dealkylation sites (tertiary alicyclic amines) is 1. The first-order valence-corrected chi connectivity index (χ1v) is 8.71. The molecule has 0 radical (unpaired) electrons. The minimum atomic E-state index is 0.245. The van der Waals surface area contributed by atoms with E-state index in [1.54, 1.807) is 0 Å². The molecule has 2 atom stereocenters. The Labute approximate surface area is 126 Å². The van der Waals surface area contributed by atoms with Crippen molar-refractivity contribution >= 4 is 5.91 Å². The van der Waals surface area contributed by atoms with E-state index >= 15 is 0 Å². The fraction of sp³-hybridized carbons (Fsp3) is 0.944. The Balaban J connectivity index is 2.76. The molecule has 2 unspecified atom stereocenters. The second-order valence-electron chi connectivity index (χ2n) is 7.43. The molecule has 0 aliphatic carbocycles. The van der Waals surface area contributed by atoms with Crippen LogP contribution in [0, 0.1) is 11.3 Å². The first kappa shape index (κ1) is 17.5. The first-order valence-electron chi connectivity index (χ1n) is 8.71. The third kappa shape index (κ3) is 4.79. The smallest absolute Gasteiger partial charge is 0.222 e. The highest BCUT2D eigenvalue weighted by molar-refractivity contribution is 5.78. The Morgan fingerprint density at radius 2 is 1.95 bits per heavy atom. The summed E-state index contributed by atoms with van der Waals surface area (Å²) in [5.41, 5.74) is 0.245. The van der Waals surface area contributed by atoms with E-state index in [0.29, 0.717) is 11.9 Å². The normalized spacial score (nSPS) is 19.4. The van der Waals surface area contributed by atoms with Gasteiger partial charge in [-0.1, -0.05) is 60.3 Å². The maximum Gasteiger partial charge on any atom is 0.222 e. The summed E-state index contributed by atoms with van der Waals surface area (Å²) >= 11 is 0. The third-order valence-electron chi connectivity index (χ3n) is 4.96. The predicted molar refractivity (Wildman–Crippen MR) is 86.7 cm³/mol. The summed E-state index contributed by atoms with van der Waals surface area (Å²) in [5, 5.41) is 0. The molecule has 0 spiro atoms. The van der Waals surface area contributed by atoms with Gasteiger partial charge in [0, 0.05) is 19.0 Å². The molecular weight excluding hydrogens is 246 g/mol. The topological polar surface area (TPSA) is 20.3 Å². The Hall–Kier alpha value is -0.530. The van der Waals surface area contributed by atoms with Gasteiger partial charge in [-0.05, 0) is 30.6 Å². The van der Waals surface area contributed by atoms with Gasteiger partial charge in [-0.15, -0.1) is 0 Å². The van der Waals surface area contributed by atoms with Crippen LogP contribution in [-0.4, -0.2) is 23.4 Å². The summed E-state index contributed by atoms with van der Waals surface area (Å²) in [6.45, 7) is 12.6. The average Bonchev–Trinajstić information content (AvgIpc) is 2.79. The molecule has 1 saturated heterocycles. The van der Waals surface area contributed by atoms with Gasteiger partial charge in [0.05, 0.1) is 0 Å². The molecule has 0 saturated carbocycles. The number of carbonyl (C=O) groups excluding carboxylic acids is 1. The largest absolute Gasteiger partial charge is 0.339 e. The second-order valence-corrected chi connectivity index (χ2v) is 7.43. The van der Waals surface area contributed by atoms with Gasteiger partial charge >= 0.3 is 0 Å². The Morgan fingerprint density at radius 3 is 2.45 bits per heavy atom. The third-order valence-corrected chi connectivity index (χ3v) is 4.96. The molecule has 118 valence electrons. The van der Waals surface area contributed by atoms with Gasteiger partial charge in [-0.25, -0.2) is 0 Å². The van der Waals surface area contributed by atoms with Gasteiger partial charge in [-0.2, -0.15) is 0 Å². The zero-order valence-electron chi connectivity index (χ0n) is 14.4. The molecule has 2 nitrogen and oxygen atoms in total. The van der Waals surface area contributed by atoms with Crippen LogP contribution >= 0.6 is 0 Å².